The minimum absolute atomic E-state index is 0. The van der Waals surface area contributed by atoms with Gasteiger partial charge in [0.05, 0.1) is 6.54 Å². The molecule has 0 amide bonds. The molecule has 0 atom stereocenters. The van der Waals surface area contributed by atoms with Gasteiger partial charge >= 0.3 is 0 Å². The van der Waals surface area contributed by atoms with E-state index in [-0.39, 0.29) is 24.0 Å². The molecule has 0 radical (unpaired) electrons. The lowest BCUT2D eigenvalue weighted by Gasteiger charge is -2.35. The molecule has 2 fully saturated rings. The minimum atomic E-state index is 0. The fraction of sp³-hybridized carbons (Fsp3) is 0.524. The van der Waals surface area contributed by atoms with Gasteiger partial charge in [-0.15, -0.1) is 24.0 Å². The van der Waals surface area contributed by atoms with Gasteiger partial charge in [-0.2, -0.15) is 0 Å². The first-order valence-corrected chi connectivity index (χ1v) is 10.5. The van der Waals surface area contributed by atoms with Gasteiger partial charge in [-0.1, -0.05) is 6.42 Å². The summed E-state index contributed by atoms with van der Waals surface area (Å²) in [6.45, 7) is 3.79. The second-order valence-electron chi connectivity index (χ2n) is 7.58. The summed E-state index contributed by atoms with van der Waals surface area (Å²) >= 11 is 0. The summed E-state index contributed by atoms with van der Waals surface area (Å²) in [6, 6.07) is 5.78. The first kappa shape index (κ1) is 22.5. The van der Waals surface area contributed by atoms with Crippen molar-refractivity contribution in [1.29, 1.82) is 0 Å². The number of rotatable bonds is 5. The maximum absolute atomic E-state index is 6.25. The standard InChI is InChI=1S/C21H29N7O.HI/c22-20(27-11-13-28(14-12-27)21-24-8-4-9-25-21)26-16-17-7-10-23-19(15-17)29-18-5-2-1-3-6-18;/h4,7-10,15,18H,1-3,5-6,11-14,16H2,(H2,22,26);1H. The lowest BCUT2D eigenvalue weighted by atomic mass is 9.98. The van der Waals surface area contributed by atoms with Crippen molar-refractivity contribution < 1.29 is 4.74 Å². The topological polar surface area (TPSA) is 92.8 Å². The highest BCUT2D eigenvalue weighted by Crippen LogP contribution is 2.22. The monoisotopic (exact) mass is 523 g/mol. The van der Waals surface area contributed by atoms with Crippen molar-refractivity contribution in [2.45, 2.75) is 44.8 Å². The number of nitrogens with two attached hydrogens (primary N) is 1. The summed E-state index contributed by atoms with van der Waals surface area (Å²) in [4.78, 5) is 21.9. The van der Waals surface area contributed by atoms with Crippen LogP contribution in [0.5, 0.6) is 5.88 Å². The Morgan fingerprint density at radius 2 is 1.77 bits per heavy atom. The summed E-state index contributed by atoms with van der Waals surface area (Å²) in [6.07, 6.45) is 11.7. The number of halogens is 1. The first-order chi connectivity index (χ1) is 14.3. The molecule has 162 valence electrons. The van der Waals surface area contributed by atoms with Gasteiger partial charge in [0, 0.05) is 50.8 Å². The van der Waals surface area contributed by atoms with Crippen molar-refractivity contribution in [3.8, 4) is 5.88 Å². The predicted octanol–water partition coefficient (Wildman–Crippen LogP) is 2.84. The average Bonchev–Trinajstić information content (AvgIpc) is 2.79. The second kappa shape index (κ2) is 11.3. The van der Waals surface area contributed by atoms with Gasteiger partial charge in [-0.3, -0.25) is 0 Å². The molecule has 0 bridgehead atoms. The van der Waals surface area contributed by atoms with E-state index in [0.717, 1.165) is 50.5 Å². The number of nitrogens with zero attached hydrogens (tertiary/aromatic N) is 6. The third-order valence-electron chi connectivity index (χ3n) is 5.50. The Kier molecular flexibility index (Phi) is 8.47. The molecule has 30 heavy (non-hydrogen) atoms. The Morgan fingerprint density at radius 3 is 2.50 bits per heavy atom. The zero-order chi connectivity index (χ0) is 19.9. The molecule has 0 spiro atoms. The van der Waals surface area contributed by atoms with Crippen molar-refractivity contribution in [2.24, 2.45) is 10.7 Å². The molecule has 4 rings (SSSR count). The van der Waals surface area contributed by atoms with E-state index in [0.29, 0.717) is 24.5 Å². The normalized spacial score (nSPS) is 18.1. The maximum Gasteiger partial charge on any atom is 0.225 e. The third kappa shape index (κ3) is 6.16. The molecule has 1 aliphatic heterocycles. The number of aromatic nitrogens is 3. The van der Waals surface area contributed by atoms with E-state index in [4.69, 9.17) is 10.5 Å². The van der Waals surface area contributed by atoms with Gasteiger partial charge < -0.3 is 20.3 Å². The molecule has 2 aromatic heterocycles. The molecule has 2 aliphatic rings. The van der Waals surface area contributed by atoms with Crippen LogP contribution in [0.1, 0.15) is 37.7 Å². The number of aliphatic imine (C=N–C) groups is 1. The molecule has 3 heterocycles. The summed E-state index contributed by atoms with van der Waals surface area (Å²) in [7, 11) is 0. The van der Waals surface area contributed by atoms with Crippen LogP contribution < -0.4 is 15.4 Å². The third-order valence-corrected chi connectivity index (χ3v) is 5.50. The Bertz CT molecular complexity index is 806. The number of guanidine groups is 1. The van der Waals surface area contributed by atoms with Crippen molar-refractivity contribution in [3.63, 3.8) is 0 Å². The van der Waals surface area contributed by atoms with E-state index in [1.807, 2.05) is 18.2 Å². The van der Waals surface area contributed by atoms with Crippen LogP contribution in [0.15, 0.2) is 41.8 Å². The van der Waals surface area contributed by atoms with Crippen LogP contribution in [0.2, 0.25) is 0 Å². The highest BCUT2D eigenvalue weighted by Gasteiger charge is 2.20. The van der Waals surface area contributed by atoms with Gasteiger partial charge in [0.25, 0.3) is 0 Å². The van der Waals surface area contributed by atoms with E-state index in [1.165, 1.54) is 19.3 Å². The molecule has 9 heteroatoms. The van der Waals surface area contributed by atoms with Crippen molar-refractivity contribution in [3.05, 3.63) is 42.4 Å². The van der Waals surface area contributed by atoms with Crippen LogP contribution in [0.25, 0.3) is 0 Å². The van der Waals surface area contributed by atoms with E-state index in [9.17, 15) is 0 Å². The average molecular weight is 523 g/mol. The fourth-order valence-corrected chi connectivity index (χ4v) is 3.83. The quantitative estimate of drug-likeness (QED) is 0.366. The van der Waals surface area contributed by atoms with Crippen LogP contribution in [0.4, 0.5) is 5.95 Å². The van der Waals surface area contributed by atoms with Gasteiger partial charge in [0.1, 0.15) is 6.10 Å². The lowest BCUT2D eigenvalue weighted by molar-refractivity contribution is 0.148. The van der Waals surface area contributed by atoms with E-state index >= 15 is 0 Å². The molecule has 1 saturated heterocycles. The predicted molar refractivity (Wildman–Crippen MR) is 128 cm³/mol. The number of ether oxygens (including phenoxy) is 1. The van der Waals surface area contributed by atoms with Crippen molar-refractivity contribution in [2.75, 3.05) is 31.1 Å². The summed E-state index contributed by atoms with van der Waals surface area (Å²) in [5.41, 5.74) is 7.31. The molecule has 1 saturated carbocycles. The van der Waals surface area contributed by atoms with Crippen molar-refractivity contribution >= 4 is 35.9 Å². The largest absolute Gasteiger partial charge is 0.474 e. The molecule has 0 aromatic carbocycles. The van der Waals surface area contributed by atoms with Gasteiger partial charge in [-0.25, -0.2) is 19.9 Å². The first-order valence-electron chi connectivity index (χ1n) is 10.5. The fourth-order valence-electron chi connectivity index (χ4n) is 3.83. The van der Waals surface area contributed by atoms with Crippen LogP contribution in [0.3, 0.4) is 0 Å². The van der Waals surface area contributed by atoms with Crippen LogP contribution >= 0.6 is 24.0 Å². The Balaban J connectivity index is 0.00000256. The van der Waals surface area contributed by atoms with Gasteiger partial charge in [0.2, 0.25) is 11.8 Å². The van der Waals surface area contributed by atoms with E-state index in [2.05, 4.69) is 29.7 Å². The molecule has 2 aromatic rings. The summed E-state index contributed by atoms with van der Waals surface area (Å²) < 4.78 is 6.05. The lowest BCUT2D eigenvalue weighted by Crippen LogP contribution is -2.51. The number of piperazine rings is 1. The molecule has 1 aliphatic carbocycles. The molecule has 8 nitrogen and oxygen atoms in total. The van der Waals surface area contributed by atoms with Gasteiger partial charge in [-0.05, 0) is 43.4 Å². The highest BCUT2D eigenvalue weighted by molar-refractivity contribution is 14.0. The number of anilines is 1. The number of pyridine rings is 1. The number of hydrogen-bond acceptors (Lipinski definition) is 6. The zero-order valence-corrected chi connectivity index (χ0v) is 19.5. The molecule has 2 N–H and O–H groups in total. The Labute approximate surface area is 195 Å². The molecular formula is C21H30IN7O. The molecular weight excluding hydrogens is 493 g/mol. The van der Waals surface area contributed by atoms with Crippen LogP contribution in [-0.4, -0.2) is 58.1 Å². The van der Waals surface area contributed by atoms with Gasteiger partial charge in [0.15, 0.2) is 5.96 Å². The van der Waals surface area contributed by atoms with E-state index < -0.39 is 0 Å². The van der Waals surface area contributed by atoms with Crippen LogP contribution in [-0.2, 0) is 6.54 Å². The summed E-state index contributed by atoms with van der Waals surface area (Å²) in [5.74, 6) is 2.04. The maximum atomic E-state index is 6.25. The Morgan fingerprint density at radius 1 is 1.03 bits per heavy atom. The molecule has 0 unspecified atom stereocenters. The van der Waals surface area contributed by atoms with Crippen molar-refractivity contribution in [1.82, 2.24) is 19.9 Å². The smallest absolute Gasteiger partial charge is 0.225 e. The zero-order valence-electron chi connectivity index (χ0n) is 17.2. The second-order valence-corrected chi connectivity index (χ2v) is 7.58. The van der Waals surface area contributed by atoms with E-state index in [1.54, 1.807) is 18.6 Å². The summed E-state index contributed by atoms with van der Waals surface area (Å²) in [5, 5.41) is 0. The minimum Gasteiger partial charge on any atom is -0.474 e. The number of hydrogen-bond donors (Lipinski definition) is 1. The Hall–Kier alpha value is -2.17. The van der Waals surface area contributed by atoms with Crippen LogP contribution in [0, 0.1) is 0 Å². The highest BCUT2D eigenvalue weighted by atomic mass is 127. The SMILES string of the molecule is I.NC(=NCc1ccnc(OC2CCCCC2)c1)N1CCN(c2ncccn2)CC1.